The minimum absolute atomic E-state index is 0.00670. The third-order valence-corrected chi connectivity index (χ3v) is 5.66. The average molecular weight is 485 g/mol. The molecule has 2 heterocycles. The first-order valence-electron chi connectivity index (χ1n) is 11.0. The topological polar surface area (TPSA) is 154 Å². The number of methoxy groups -OCH3 is 2. The average Bonchev–Trinajstić information content (AvgIpc) is 3.31. The van der Waals surface area contributed by atoms with Gasteiger partial charge in [0.1, 0.15) is 0 Å². The number of nitrogens with one attached hydrogen (secondary N) is 2. The van der Waals surface area contributed by atoms with Crippen molar-refractivity contribution >= 4 is 34.8 Å². The summed E-state index contributed by atoms with van der Waals surface area (Å²) in [4.78, 5) is 41.1. The van der Waals surface area contributed by atoms with Crippen molar-refractivity contribution in [2.24, 2.45) is 5.92 Å². The van der Waals surface area contributed by atoms with Crippen molar-refractivity contribution in [3.05, 3.63) is 48.0 Å². The van der Waals surface area contributed by atoms with Gasteiger partial charge in [0.25, 0.3) is 0 Å². The lowest BCUT2D eigenvalue weighted by Crippen LogP contribution is -2.40. The summed E-state index contributed by atoms with van der Waals surface area (Å²) in [6.07, 6.45) is 1.61. The predicted molar refractivity (Wildman–Crippen MR) is 128 cm³/mol. The smallest absolute Gasteiger partial charge is 0.414 e. The van der Waals surface area contributed by atoms with Crippen molar-refractivity contribution < 1.29 is 34.1 Å². The van der Waals surface area contributed by atoms with Crippen molar-refractivity contribution in [2.45, 2.75) is 19.4 Å². The van der Waals surface area contributed by atoms with Crippen LogP contribution in [0.2, 0.25) is 0 Å². The minimum atomic E-state index is -1.82. The Morgan fingerprint density at radius 2 is 1.71 bits per heavy atom. The number of aliphatic carboxylic acids is 2. The Hall–Kier alpha value is -4.28. The van der Waals surface area contributed by atoms with Crippen molar-refractivity contribution in [1.29, 1.82) is 0 Å². The van der Waals surface area contributed by atoms with E-state index in [-0.39, 0.29) is 11.8 Å². The molecule has 0 radical (unpaired) electrons. The quantitative estimate of drug-likeness (QED) is 0.386. The molecule has 4 rings (SSSR count). The van der Waals surface area contributed by atoms with Gasteiger partial charge < -0.3 is 34.9 Å². The molecule has 1 fully saturated rings. The summed E-state index contributed by atoms with van der Waals surface area (Å²) in [5.74, 6) is -1.35. The molecule has 0 spiro atoms. The van der Waals surface area contributed by atoms with Gasteiger partial charge in [-0.25, -0.2) is 14.6 Å². The fourth-order valence-electron chi connectivity index (χ4n) is 3.86. The van der Waals surface area contributed by atoms with Gasteiger partial charge in [0.05, 0.1) is 25.3 Å². The number of anilines is 1. The van der Waals surface area contributed by atoms with E-state index in [1.165, 1.54) is 0 Å². The summed E-state index contributed by atoms with van der Waals surface area (Å²) < 4.78 is 10.8. The molecular weight excluding hydrogens is 456 g/mol. The second-order valence-electron chi connectivity index (χ2n) is 7.82. The Morgan fingerprint density at radius 3 is 2.31 bits per heavy atom. The van der Waals surface area contributed by atoms with E-state index in [9.17, 15) is 4.79 Å². The summed E-state index contributed by atoms with van der Waals surface area (Å²) in [6.45, 7) is 2.03. The van der Waals surface area contributed by atoms with Gasteiger partial charge in [-0.2, -0.15) is 0 Å². The summed E-state index contributed by atoms with van der Waals surface area (Å²) in [7, 11) is 3.22. The van der Waals surface area contributed by atoms with Crippen LogP contribution in [0.15, 0.2) is 42.5 Å². The van der Waals surface area contributed by atoms with Gasteiger partial charge in [-0.1, -0.05) is 24.3 Å². The lowest BCUT2D eigenvalue weighted by molar-refractivity contribution is -0.159. The summed E-state index contributed by atoms with van der Waals surface area (Å²) in [5.41, 5.74) is 2.91. The number of amides is 1. The van der Waals surface area contributed by atoms with E-state index < -0.39 is 11.9 Å². The van der Waals surface area contributed by atoms with Gasteiger partial charge in [-0.05, 0) is 31.0 Å². The largest absolute Gasteiger partial charge is 0.493 e. The molecule has 2 aromatic carbocycles. The van der Waals surface area contributed by atoms with E-state index in [1.54, 1.807) is 14.2 Å². The molecule has 186 valence electrons. The lowest BCUT2D eigenvalue weighted by atomic mass is 9.96. The van der Waals surface area contributed by atoms with Crippen LogP contribution in [0.5, 0.6) is 11.5 Å². The molecule has 0 unspecified atom stereocenters. The lowest BCUT2D eigenvalue weighted by Gasteiger charge is -2.31. The molecule has 11 nitrogen and oxygen atoms in total. The number of ether oxygens (including phenoxy) is 2. The van der Waals surface area contributed by atoms with Crippen LogP contribution >= 0.6 is 0 Å². The number of H-pyrrole nitrogens is 1. The monoisotopic (exact) mass is 484 g/mol. The zero-order chi connectivity index (χ0) is 25.4. The molecule has 3 aromatic rings. The number of carboxylic acid groups (broad SMARTS) is 2. The summed E-state index contributed by atoms with van der Waals surface area (Å²) in [5, 5.41) is 17.8. The van der Waals surface area contributed by atoms with Gasteiger partial charge in [-0.3, -0.25) is 4.79 Å². The van der Waals surface area contributed by atoms with Crippen LogP contribution in [0.25, 0.3) is 11.0 Å². The highest BCUT2D eigenvalue weighted by Gasteiger charge is 2.26. The maximum Gasteiger partial charge on any atom is 0.414 e. The maximum absolute atomic E-state index is 12.7. The molecule has 0 bridgehead atoms. The van der Waals surface area contributed by atoms with Crippen molar-refractivity contribution in [1.82, 2.24) is 15.3 Å². The maximum atomic E-state index is 12.7. The number of benzene rings is 2. The van der Waals surface area contributed by atoms with Crippen molar-refractivity contribution in [3.8, 4) is 11.5 Å². The third-order valence-electron chi connectivity index (χ3n) is 5.66. The van der Waals surface area contributed by atoms with Gasteiger partial charge in [-0.15, -0.1) is 0 Å². The van der Waals surface area contributed by atoms with Crippen molar-refractivity contribution in [2.75, 3.05) is 32.2 Å². The van der Waals surface area contributed by atoms with Crippen LogP contribution in [0, 0.1) is 5.92 Å². The SMILES string of the molecule is COc1cccc(CNC(=O)C2CCN(c3nc4ccccc4[nH]3)CC2)c1OC.O=C(O)C(=O)O. The van der Waals surface area contributed by atoms with Crippen molar-refractivity contribution in [3.63, 3.8) is 0 Å². The Kier molecular flexibility index (Phi) is 8.49. The number of hydrogen-bond donors (Lipinski definition) is 4. The fraction of sp³-hybridized carbons (Fsp3) is 0.333. The van der Waals surface area contributed by atoms with E-state index in [1.807, 2.05) is 42.5 Å². The minimum Gasteiger partial charge on any atom is -0.493 e. The standard InChI is InChI=1S/C22H26N4O3.C2H2O4/c1-28-19-9-5-6-16(20(19)29-2)14-23-21(27)15-10-12-26(13-11-15)22-24-17-7-3-4-8-18(17)25-22;3-1(4)2(5)6/h3-9,15H,10-14H2,1-2H3,(H,23,27)(H,24,25);(H,3,4)(H,5,6). The molecule has 0 aliphatic carbocycles. The highest BCUT2D eigenvalue weighted by atomic mass is 16.5. The van der Waals surface area contributed by atoms with Crippen LogP contribution in [-0.4, -0.2) is 65.3 Å². The number of carbonyl (C=O) groups excluding carboxylic acids is 1. The van der Waals surface area contributed by atoms with Crippen LogP contribution in [-0.2, 0) is 20.9 Å². The number of piperidine rings is 1. The number of carbonyl (C=O) groups is 3. The first-order chi connectivity index (χ1) is 16.8. The highest BCUT2D eigenvalue weighted by Crippen LogP contribution is 2.30. The fourth-order valence-corrected chi connectivity index (χ4v) is 3.86. The first-order valence-corrected chi connectivity index (χ1v) is 11.0. The molecule has 1 saturated heterocycles. The summed E-state index contributed by atoms with van der Waals surface area (Å²) >= 11 is 0. The second kappa shape index (κ2) is 11.7. The van der Waals surface area contributed by atoms with Crippen LogP contribution in [0.4, 0.5) is 5.95 Å². The molecule has 0 atom stereocenters. The number of hydrogen-bond acceptors (Lipinski definition) is 7. The number of imidazole rings is 1. The van der Waals surface area contributed by atoms with E-state index in [4.69, 9.17) is 29.3 Å². The Morgan fingerprint density at radius 1 is 1.03 bits per heavy atom. The number of aromatic nitrogens is 2. The van der Waals surface area contributed by atoms with Gasteiger partial charge in [0.2, 0.25) is 11.9 Å². The van der Waals surface area contributed by atoms with E-state index in [0.717, 1.165) is 48.5 Å². The Bertz CT molecular complexity index is 1140. The van der Waals surface area contributed by atoms with E-state index in [0.29, 0.717) is 18.0 Å². The van der Waals surface area contributed by atoms with Crippen LogP contribution < -0.4 is 19.7 Å². The molecule has 0 saturated carbocycles. The number of para-hydroxylation sites is 3. The van der Waals surface area contributed by atoms with Gasteiger partial charge in [0, 0.05) is 31.1 Å². The molecule has 1 aliphatic rings. The number of carboxylic acids is 2. The zero-order valence-electron chi connectivity index (χ0n) is 19.5. The number of fused-ring (bicyclic) bond motifs is 1. The molecule has 4 N–H and O–H groups in total. The molecule has 1 aromatic heterocycles. The Labute approximate surface area is 201 Å². The van der Waals surface area contributed by atoms with Crippen LogP contribution in [0.3, 0.4) is 0 Å². The predicted octanol–water partition coefficient (Wildman–Crippen LogP) is 2.27. The van der Waals surface area contributed by atoms with E-state index in [2.05, 4.69) is 20.2 Å². The number of rotatable bonds is 6. The highest BCUT2D eigenvalue weighted by molar-refractivity contribution is 6.27. The molecule has 11 heteroatoms. The van der Waals surface area contributed by atoms with Crippen LogP contribution in [0.1, 0.15) is 18.4 Å². The second-order valence-corrected chi connectivity index (χ2v) is 7.82. The molecule has 1 aliphatic heterocycles. The number of aromatic amines is 1. The third kappa shape index (κ3) is 6.40. The van der Waals surface area contributed by atoms with Gasteiger partial charge in [0.15, 0.2) is 11.5 Å². The summed E-state index contributed by atoms with van der Waals surface area (Å²) in [6, 6.07) is 13.7. The molecule has 35 heavy (non-hydrogen) atoms. The Balaban J connectivity index is 0.000000509. The zero-order valence-corrected chi connectivity index (χ0v) is 19.5. The van der Waals surface area contributed by atoms with Gasteiger partial charge >= 0.3 is 11.9 Å². The normalized spacial score (nSPS) is 13.5. The molecule has 1 amide bonds. The molecular formula is C24H28N4O7. The van der Waals surface area contributed by atoms with E-state index >= 15 is 0 Å². The number of nitrogens with zero attached hydrogens (tertiary/aromatic N) is 2. The first kappa shape index (κ1) is 25.3.